The quantitative estimate of drug-likeness (QED) is 0.404. The third kappa shape index (κ3) is 5.65. The van der Waals surface area contributed by atoms with Crippen molar-refractivity contribution < 1.29 is 32.3 Å². The minimum Gasteiger partial charge on any atom is -0.455 e. The second-order valence-electron chi connectivity index (χ2n) is 7.72. The van der Waals surface area contributed by atoms with Crippen molar-refractivity contribution in [3.05, 3.63) is 53.9 Å². The van der Waals surface area contributed by atoms with Gasteiger partial charge in [0.1, 0.15) is 5.82 Å². The molecule has 0 unspecified atom stereocenters. The predicted octanol–water partition coefficient (Wildman–Crippen LogP) is 1.36. The molecule has 11 nitrogen and oxygen atoms in total. The minimum atomic E-state index is -4.70. The lowest BCUT2D eigenvalue weighted by molar-refractivity contribution is -0.153. The number of rotatable bonds is 5. The third-order valence-electron chi connectivity index (χ3n) is 5.35. The number of fused-ring (bicyclic) bond motifs is 1. The lowest BCUT2D eigenvalue weighted by Crippen LogP contribution is -2.44. The van der Waals surface area contributed by atoms with E-state index in [2.05, 4.69) is 26.1 Å². The van der Waals surface area contributed by atoms with Gasteiger partial charge in [-0.25, -0.2) is 0 Å². The summed E-state index contributed by atoms with van der Waals surface area (Å²) in [6.45, 7) is 0.127. The molecular formula is C21H20F3N7O4. The molecule has 2 N–H and O–H groups in total. The van der Waals surface area contributed by atoms with Crippen LogP contribution < -0.4 is 15.8 Å². The maximum Gasteiger partial charge on any atom is 0.453 e. The van der Waals surface area contributed by atoms with E-state index in [9.17, 15) is 27.6 Å². The molecule has 0 bridgehead atoms. The van der Waals surface area contributed by atoms with Crippen molar-refractivity contribution in [3.8, 4) is 0 Å². The number of carbonyl (C=O) groups is 3. The molecule has 0 aliphatic carbocycles. The van der Waals surface area contributed by atoms with Crippen LogP contribution >= 0.6 is 0 Å². The van der Waals surface area contributed by atoms with Crippen molar-refractivity contribution in [2.24, 2.45) is 5.92 Å². The summed E-state index contributed by atoms with van der Waals surface area (Å²) in [6, 6.07) is 11.2. The Kier molecular flexibility index (Phi) is 6.80. The highest BCUT2D eigenvalue weighted by Crippen LogP contribution is 2.28. The van der Waals surface area contributed by atoms with Crippen LogP contribution in [-0.2, 0) is 20.5 Å². The predicted molar refractivity (Wildman–Crippen MR) is 114 cm³/mol. The highest BCUT2D eigenvalue weighted by Gasteiger charge is 2.38. The molecule has 1 saturated heterocycles. The van der Waals surface area contributed by atoms with Crippen molar-refractivity contribution in [2.75, 3.05) is 24.6 Å². The number of ether oxygens (including phenoxy) is 1. The van der Waals surface area contributed by atoms with Crippen LogP contribution in [0.25, 0.3) is 5.65 Å². The van der Waals surface area contributed by atoms with Crippen LogP contribution in [0.4, 0.5) is 19.0 Å². The smallest absolute Gasteiger partial charge is 0.453 e. The maximum atomic E-state index is 13.1. The standard InChI is InChI=1S/C21H20F3N7O4/c22-21(23,24)20-28-25-15-6-7-16(29-31(15)20)30-10-8-14(9-11-30)19(34)35-12-17(32)26-27-18(33)13-4-2-1-3-5-13/h1-7,14H,8-12H2,(H,26,32)(H,27,33). The molecule has 0 atom stereocenters. The number of hydrazine groups is 1. The summed E-state index contributed by atoms with van der Waals surface area (Å²) in [6.07, 6.45) is -3.98. The fourth-order valence-electron chi connectivity index (χ4n) is 3.55. The molecule has 3 aromatic rings. The van der Waals surface area contributed by atoms with E-state index in [1.807, 2.05) is 0 Å². The topological polar surface area (TPSA) is 131 Å². The monoisotopic (exact) mass is 491 g/mol. The highest BCUT2D eigenvalue weighted by molar-refractivity contribution is 5.95. The second-order valence-corrected chi connectivity index (χ2v) is 7.72. The van der Waals surface area contributed by atoms with Gasteiger partial charge in [-0.1, -0.05) is 18.2 Å². The summed E-state index contributed by atoms with van der Waals surface area (Å²) in [7, 11) is 0. The highest BCUT2D eigenvalue weighted by atomic mass is 19.4. The normalized spacial score (nSPS) is 14.5. The van der Waals surface area contributed by atoms with E-state index in [-0.39, 0.29) is 5.65 Å². The summed E-state index contributed by atoms with van der Waals surface area (Å²) in [5.41, 5.74) is 4.72. The first-order chi connectivity index (χ1) is 16.7. The van der Waals surface area contributed by atoms with Gasteiger partial charge >= 0.3 is 12.1 Å². The molecule has 0 saturated carbocycles. The zero-order valence-corrected chi connectivity index (χ0v) is 18.2. The lowest BCUT2D eigenvalue weighted by atomic mass is 9.97. The molecular weight excluding hydrogens is 471 g/mol. The molecule has 3 heterocycles. The first-order valence-electron chi connectivity index (χ1n) is 10.6. The van der Waals surface area contributed by atoms with E-state index >= 15 is 0 Å². The van der Waals surface area contributed by atoms with E-state index in [1.165, 1.54) is 12.1 Å². The zero-order valence-electron chi connectivity index (χ0n) is 18.2. The molecule has 1 aliphatic rings. The van der Waals surface area contributed by atoms with E-state index in [0.717, 1.165) is 0 Å². The Morgan fingerprint density at radius 1 is 1.00 bits per heavy atom. The van der Waals surface area contributed by atoms with Crippen molar-refractivity contribution in [1.29, 1.82) is 0 Å². The lowest BCUT2D eigenvalue weighted by Gasteiger charge is -2.31. The van der Waals surface area contributed by atoms with Crippen LogP contribution in [0.5, 0.6) is 0 Å². The molecule has 1 fully saturated rings. The third-order valence-corrected chi connectivity index (χ3v) is 5.35. The first kappa shape index (κ1) is 23.9. The van der Waals surface area contributed by atoms with Crippen LogP contribution in [0.3, 0.4) is 0 Å². The van der Waals surface area contributed by atoms with Crippen LogP contribution in [0, 0.1) is 5.92 Å². The number of anilines is 1. The summed E-state index contributed by atoms with van der Waals surface area (Å²) < 4.78 is 44.9. The molecule has 2 aromatic heterocycles. The molecule has 2 amide bonds. The van der Waals surface area contributed by atoms with Gasteiger partial charge in [-0.05, 0) is 37.1 Å². The number of aromatic nitrogens is 4. The number of amides is 2. The Balaban J connectivity index is 1.24. The average Bonchev–Trinajstić information content (AvgIpc) is 3.30. The Hall–Kier alpha value is -4.23. The summed E-state index contributed by atoms with van der Waals surface area (Å²) in [4.78, 5) is 37.8. The van der Waals surface area contributed by atoms with E-state index < -0.39 is 42.3 Å². The SMILES string of the molecule is O=C(COC(=O)C1CCN(c2ccc3nnc(C(F)(F)F)n3n2)CC1)NNC(=O)c1ccccc1. The molecule has 1 aliphatic heterocycles. The Labute approximate surface area is 196 Å². The maximum absolute atomic E-state index is 13.1. The Bertz CT molecular complexity index is 1220. The second kappa shape index (κ2) is 9.95. The number of alkyl halides is 3. The van der Waals surface area contributed by atoms with Crippen LogP contribution in [0.2, 0.25) is 0 Å². The first-order valence-corrected chi connectivity index (χ1v) is 10.6. The van der Waals surface area contributed by atoms with Gasteiger partial charge in [-0.15, -0.1) is 15.3 Å². The number of carbonyl (C=O) groups excluding carboxylic acids is 3. The summed E-state index contributed by atoms with van der Waals surface area (Å²) >= 11 is 0. The van der Waals surface area contributed by atoms with Crippen LogP contribution in [-0.4, -0.2) is 57.3 Å². The van der Waals surface area contributed by atoms with Gasteiger partial charge < -0.3 is 9.64 Å². The molecule has 35 heavy (non-hydrogen) atoms. The van der Waals surface area contributed by atoms with Crippen molar-refractivity contribution in [2.45, 2.75) is 19.0 Å². The minimum absolute atomic E-state index is 0.0298. The van der Waals surface area contributed by atoms with Gasteiger partial charge in [-0.2, -0.15) is 17.7 Å². The molecule has 1 aromatic carbocycles. The molecule has 184 valence electrons. The van der Waals surface area contributed by atoms with Crippen LogP contribution in [0.15, 0.2) is 42.5 Å². The molecule has 14 heteroatoms. The largest absolute Gasteiger partial charge is 0.455 e. The van der Waals surface area contributed by atoms with Crippen molar-refractivity contribution >= 4 is 29.2 Å². The Morgan fingerprint density at radius 3 is 2.40 bits per heavy atom. The molecule has 0 spiro atoms. The summed E-state index contributed by atoms with van der Waals surface area (Å²) in [5, 5.41) is 10.6. The Morgan fingerprint density at radius 2 is 1.71 bits per heavy atom. The van der Waals surface area contributed by atoms with E-state index in [0.29, 0.717) is 41.8 Å². The number of nitrogens with one attached hydrogen (secondary N) is 2. The van der Waals surface area contributed by atoms with Gasteiger partial charge in [-0.3, -0.25) is 25.2 Å². The van der Waals surface area contributed by atoms with E-state index in [4.69, 9.17) is 4.74 Å². The van der Waals surface area contributed by atoms with Gasteiger partial charge in [0.05, 0.1) is 5.92 Å². The van der Waals surface area contributed by atoms with Crippen LogP contribution in [0.1, 0.15) is 29.0 Å². The number of hydrogen-bond acceptors (Lipinski definition) is 8. The fraction of sp³-hybridized carbons (Fsp3) is 0.333. The van der Waals surface area contributed by atoms with Gasteiger partial charge in [0, 0.05) is 18.7 Å². The van der Waals surface area contributed by atoms with Gasteiger partial charge in [0.25, 0.3) is 17.6 Å². The number of piperidine rings is 1. The number of halogens is 3. The number of hydrogen-bond donors (Lipinski definition) is 2. The van der Waals surface area contributed by atoms with Gasteiger partial charge in [0.15, 0.2) is 12.3 Å². The van der Waals surface area contributed by atoms with Crippen molar-refractivity contribution in [1.82, 2.24) is 30.7 Å². The fourth-order valence-corrected chi connectivity index (χ4v) is 3.55. The molecule has 0 radical (unpaired) electrons. The van der Waals surface area contributed by atoms with E-state index in [1.54, 1.807) is 35.2 Å². The van der Waals surface area contributed by atoms with Crippen molar-refractivity contribution in [3.63, 3.8) is 0 Å². The average molecular weight is 491 g/mol. The number of nitrogens with zero attached hydrogens (tertiary/aromatic N) is 5. The number of esters is 1. The van der Waals surface area contributed by atoms with Gasteiger partial charge in [0.2, 0.25) is 0 Å². The summed E-state index contributed by atoms with van der Waals surface area (Å²) in [5.74, 6) is -3.20. The molecule has 4 rings (SSSR count). The number of benzene rings is 1. The zero-order chi connectivity index (χ0) is 25.0.